The van der Waals surface area contributed by atoms with Crippen molar-refractivity contribution in [2.24, 2.45) is 0 Å². The van der Waals surface area contributed by atoms with Gasteiger partial charge in [-0.05, 0) is 6.92 Å². The van der Waals surface area contributed by atoms with E-state index in [1.807, 2.05) is 6.92 Å². The molecule has 0 bridgehead atoms. The number of nitrogens with one attached hydrogen (secondary N) is 2. The first-order chi connectivity index (χ1) is 5.66. The van der Waals surface area contributed by atoms with Gasteiger partial charge in [-0.25, -0.2) is 0 Å². The van der Waals surface area contributed by atoms with Gasteiger partial charge in [-0.3, -0.25) is 10.1 Å². The molecule has 1 atom stereocenters. The van der Waals surface area contributed by atoms with E-state index in [1.54, 1.807) is 7.11 Å². The molecule has 0 aliphatic heterocycles. The van der Waals surface area contributed by atoms with E-state index in [0.29, 0.717) is 13.1 Å². The zero-order valence-electron chi connectivity index (χ0n) is 9.46. The summed E-state index contributed by atoms with van der Waals surface area (Å²) in [5.41, 5.74) is 0. The molecule has 0 spiro atoms. The Morgan fingerprint density at radius 1 is 1.43 bits per heavy atom. The monoisotopic (exact) mass is 222 g/mol. The second kappa shape index (κ2) is 14.3. The fourth-order valence-electron chi connectivity index (χ4n) is 0.642. The Morgan fingerprint density at radius 3 is 2.43 bits per heavy atom. The molecule has 74 valence electrons. The fourth-order valence-corrected chi connectivity index (χ4v) is 0.642. The maximum absolute atomic E-state index is 10.0. The molecule has 0 aliphatic rings. The van der Waals surface area contributed by atoms with Crippen molar-refractivity contribution in [1.29, 1.82) is 0 Å². The number of hydrogen-bond acceptors (Lipinski definition) is 4. The van der Waals surface area contributed by atoms with Crippen LogP contribution >= 0.6 is 0 Å². The van der Waals surface area contributed by atoms with Gasteiger partial charge in [-0.15, -0.1) is 0 Å². The summed E-state index contributed by atoms with van der Waals surface area (Å²) in [5, 5.41) is 14.0. The van der Waals surface area contributed by atoms with Crippen LogP contribution in [0.2, 0.25) is 0 Å². The van der Waals surface area contributed by atoms with Gasteiger partial charge in [0.2, 0.25) is 0 Å². The van der Waals surface area contributed by atoms with E-state index in [1.165, 1.54) is 0 Å². The van der Waals surface area contributed by atoms with Crippen molar-refractivity contribution >= 4 is 65.1 Å². The molecule has 0 aromatic carbocycles. The van der Waals surface area contributed by atoms with E-state index < -0.39 is 5.97 Å². The van der Waals surface area contributed by atoms with Gasteiger partial charge in [0.05, 0.1) is 6.54 Å². The van der Waals surface area contributed by atoms with Gasteiger partial charge < -0.3 is 15.2 Å². The number of carboxylic acid groups (broad SMARTS) is 1. The van der Waals surface area contributed by atoms with Crippen LogP contribution in [0.1, 0.15) is 6.92 Å². The topological polar surface area (TPSA) is 70.6 Å². The van der Waals surface area contributed by atoms with Gasteiger partial charge in [0.25, 0.3) is 0 Å². The first kappa shape index (κ1) is 20.7. The van der Waals surface area contributed by atoms with Gasteiger partial charge in [-0.2, -0.15) is 0 Å². The molecule has 0 aromatic rings. The van der Waals surface area contributed by atoms with E-state index >= 15 is 0 Å². The van der Waals surface area contributed by atoms with Gasteiger partial charge in [0, 0.05) is 79.3 Å². The molecule has 0 saturated heterocycles. The van der Waals surface area contributed by atoms with E-state index in [9.17, 15) is 4.79 Å². The minimum atomic E-state index is -0.838. The summed E-state index contributed by atoms with van der Waals surface area (Å²) in [4.78, 5) is 10.0. The molecule has 7 heteroatoms. The number of carbonyl (C=O) groups is 1. The Morgan fingerprint density at radius 2 is 2.00 bits per heavy atom. The van der Waals surface area contributed by atoms with Crippen LogP contribution in [0.3, 0.4) is 0 Å². The maximum Gasteiger partial charge on any atom is 0.317 e. The van der Waals surface area contributed by atoms with Crippen LogP contribution in [-0.2, 0) is 9.53 Å². The third kappa shape index (κ3) is 15.8. The standard InChI is InChI=1S/C7H16N2O3.2Na/c1-6(12-2)9-4-3-8-5-7(10)11;;/h6,8-9H,3-5H2,1-2H3,(H,10,11);;. The van der Waals surface area contributed by atoms with Crippen LogP contribution in [0.5, 0.6) is 0 Å². The number of rotatable bonds is 7. The molecule has 0 saturated carbocycles. The van der Waals surface area contributed by atoms with E-state index in [-0.39, 0.29) is 71.9 Å². The summed E-state index contributed by atoms with van der Waals surface area (Å²) < 4.78 is 4.92. The minimum absolute atomic E-state index is 0. The number of methoxy groups -OCH3 is 1. The van der Waals surface area contributed by atoms with E-state index in [4.69, 9.17) is 9.84 Å². The molecule has 0 amide bonds. The second-order valence-corrected chi connectivity index (χ2v) is 2.40. The van der Waals surface area contributed by atoms with Crippen LogP contribution in [0, 0.1) is 0 Å². The molecule has 1 unspecified atom stereocenters. The molecule has 0 aliphatic carbocycles. The van der Waals surface area contributed by atoms with Crippen LogP contribution in [0.25, 0.3) is 0 Å². The summed E-state index contributed by atoms with van der Waals surface area (Å²) in [7, 11) is 1.61. The molecule has 14 heavy (non-hydrogen) atoms. The average Bonchev–Trinajstić information content (AvgIpc) is 2.03. The first-order valence-electron chi connectivity index (χ1n) is 3.85. The van der Waals surface area contributed by atoms with E-state index in [0.717, 1.165) is 0 Å². The molecule has 2 radical (unpaired) electrons. The Kier molecular flexibility index (Phi) is 21.2. The maximum atomic E-state index is 10.0. The van der Waals surface area contributed by atoms with Crippen LogP contribution in [-0.4, -0.2) is 103 Å². The van der Waals surface area contributed by atoms with Crippen molar-refractivity contribution in [1.82, 2.24) is 10.6 Å². The van der Waals surface area contributed by atoms with Crippen molar-refractivity contribution in [2.45, 2.75) is 13.2 Å². The Balaban J connectivity index is -0.000000605. The van der Waals surface area contributed by atoms with E-state index in [2.05, 4.69) is 10.6 Å². The minimum Gasteiger partial charge on any atom is -0.480 e. The van der Waals surface area contributed by atoms with Crippen molar-refractivity contribution < 1.29 is 14.6 Å². The van der Waals surface area contributed by atoms with Crippen molar-refractivity contribution in [3.8, 4) is 0 Å². The van der Waals surface area contributed by atoms with Crippen molar-refractivity contribution in [3.63, 3.8) is 0 Å². The van der Waals surface area contributed by atoms with Gasteiger partial charge in [-0.1, -0.05) is 0 Å². The van der Waals surface area contributed by atoms with Crippen molar-refractivity contribution in [2.75, 3.05) is 26.7 Å². The predicted molar refractivity (Wildman–Crippen MR) is 56.5 cm³/mol. The summed E-state index contributed by atoms with van der Waals surface area (Å²) in [6.45, 7) is 3.21. The van der Waals surface area contributed by atoms with Gasteiger partial charge >= 0.3 is 5.97 Å². The quantitative estimate of drug-likeness (QED) is 0.277. The third-order valence-corrected chi connectivity index (χ3v) is 1.36. The predicted octanol–water partition coefficient (Wildman–Crippen LogP) is -1.52. The molecule has 0 aromatic heterocycles. The summed E-state index contributed by atoms with van der Waals surface area (Å²) in [6.07, 6.45) is 0.0108. The number of hydrogen-bond donors (Lipinski definition) is 3. The van der Waals surface area contributed by atoms with Crippen LogP contribution in [0.15, 0.2) is 0 Å². The molecule has 0 fully saturated rings. The fraction of sp³-hybridized carbons (Fsp3) is 0.857. The summed E-state index contributed by atoms with van der Waals surface area (Å²) in [6, 6.07) is 0. The molecular formula is C7H16N2Na2O3. The smallest absolute Gasteiger partial charge is 0.317 e. The number of ether oxygens (including phenoxy) is 1. The molecular weight excluding hydrogens is 206 g/mol. The van der Waals surface area contributed by atoms with Crippen LogP contribution < -0.4 is 10.6 Å². The van der Waals surface area contributed by atoms with Gasteiger partial charge in [0.1, 0.15) is 6.23 Å². The summed E-state index contributed by atoms with van der Waals surface area (Å²) >= 11 is 0. The molecule has 0 heterocycles. The zero-order chi connectivity index (χ0) is 9.40. The Bertz CT molecular complexity index is 138. The molecule has 3 N–H and O–H groups in total. The second-order valence-electron chi connectivity index (χ2n) is 2.40. The Labute approximate surface area is 129 Å². The normalized spacial score (nSPS) is 11.0. The van der Waals surface area contributed by atoms with Crippen LogP contribution in [0.4, 0.5) is 0 Å². The van der Waals surface area contributed by atoms with Gasteiger partial charge in [0.15, 0.2) is 0 Å². The third-order valence-electron chi connectivity index (χ3n) is 1.36. The first-order valence-corrected chi connectivity index (χ1v) is 3.85. The number of carboxylic acids is 1. The SMILES string of the molecule is COC(C)NCCNCC(=O)O.[Na].[Na]. The largest absolute Gasteiger partial charge is 0.480 e. The molecule has 0 rings (SSSR count). The zero-order valence-corrected chi connectivity index (χ0v) is 13.5. The van der Waals surface area contributed by atoms with Crippen molar-refractivity contribution in [3.05, 3.63) is 0 Å². The number of aliphatic carboxylic acids is 1. The average molecular weight is 222 g/mol. The Hall–Kier alpha value is 1.35. The molecule has 5 nitrogen and oxygen atoms in total. The summed E-state index contributed by atoms with van der Waals surface area (Å²) in [5.74, 6) is -0.838.